The number of aliphatic imine (C=N–C) groups is 1. The summed E-state index contributed by atoms with van der Waals surface area (Å²) in [5, 5.41) is 8.54. The van der Waals surface area contributed by atoms with E-state index in [2.05, 4.69) is 15.4 Å². The zero-order valence-electron chi connectivity index (χ0n) is 13.6. The van der Waals surface area contributed by atoms with Gasteiger partial charge in [0, 0.05) is 5.69 Å². The van der Waals surface area contributed by atoms with E-state index < -0.39 is 17.7 Å². The van der Waals surface area contributed by atoms with E-state index in [1.165, 1.54) is 25.6 Å². The van der Waals surface area contributed by atoms with Gasteiger partial charge in [0.25, 0.3) is 0 Å². The van der Waals surface area contributed by atoms with Gasteiger partial charge in [0.1, 0.15) is 18.1 Å². The summed E-state index contributed by atoms with van der Waals surface area (Å²) in [5.41, 5.74) is 3.00. The van der Waals surface area contributed by atoms with Crippen LogP contribution in [0.1, 0.15) is 18.4 Å². The van der Waals surface area contributed by atoms with Crippen LogP contribution >= 0.6 is 0 Å². The Morgan fingerprint density at radius 2 is 2.24 bits per heavy atom. The zero-order chi connectivity index (χ0) is 17.7. The van der Waals surface area contributed by atoms with Gasteiger partial charge in [0.2, 0.25) is 5.91 Å². The normalized spacial score (nSPS) is 24.0. The molecule has 2 unspecified atom stereocenters. The molecule has 1 aromatic rings. The van der Waals surface area contributed by atoms with E-state index in [0.717, 1.165) is 5.57 Å². The molecule has 8 heteroatoms. The van der Waals surface area contributed by atoms with E-state index in [-0.39, 0.29) is 11.9 Å². The van der Waals surface area contributed by atoms with Gasteiger partial charge in [-0.1, -0.05) is 6.07 Å². The standard InChI is InChI=1S/C17H15FN4O3/c1-8-11(17(24)25-2)6-22-15(8)14(19-7-20-22)13-10-4-3-9(18)5-12(10)21-16(13)23/h3-5,7,11,13H,6H2,1-2H3,(H,21,23). The fourth-order valence-electron chi connectivity index (χ4n) is 3.53. The van der Waals surface area contributed by atoms with Crippen LogP contribution in [0.4, 0.5) is 10.1 Å². The van der Waals surface area contributed by atoms with Crippen molar-refractivity contribution in [2.75, 3.05) is 19.0 Å². The summed E-state index contributed by atoms with van der Waals surface area (Å²) in [5.74, 6) is -2.19. The number of anilines is 1. The number of ether oxygens (including phenoxy) is 1. The van der Waals surface area contributed by atoms with Gasteiger partial charge in [-0.15, -0.1) is 0 Å². The van der Waals surface area contributed by atoms with Gasteiger partial charge in [-0.25, -0.2) is 9.38 Å². The highest BCUT2D eigenvalue weighted by Crippen LogP contribution is 2.40. The topological polar surface area (TPSA) is 83.4 Å². The van der Waals surface area contributed by atoms with Crippen LogP contribution in [0.2, 0.25) is 0 Å². The predicted octanol–water partition coefficient (Wildman–Crippen LogP) is 1.64. The van der Waals surface area contributed by atoms with Gasteiger partial charge in [-0.05, 0) is 30.2 Å². The van der Waals surface area contributed by atoms with Crippen LogP contribution in [-0.2, 0) is 14.3 Å². The van der Waals surface area contributed by atoms with Crippen molar-refractivity contribution in [3.8, 4) is 0 Å². The molecule has 1 N–H and O–H groups in total. The Morgan fingerprint density at radius 1 is 1.44 bits per heavy atom. The molecule has 128 valence electrons. The zero-order valence-corrected chi connectivity index (χ0v) is 13.6. The number of benzene rings is 1. The Kier molecular flexibility index (Phi) is 3.41. The number of nitrogens with one attached hydrogen (secondary N) is 1. The Hall–Kier alpha value is -3.03. The van der Waals surface area contributed by atoms with E-state index >= 15 is 0 Å². The number of allylic oxidation sites excluding steroid dienone is 1. The maximum atomic E-state index is 13.4. The third-order valence-electron chi connectivity index (χ3n) is 4.75. The third-order valence-corrected chi connectivity index (χ3v) is 4.75. The monoisotopic (exact) mass is 342 g/mol. The van der Waals surface area contributed by atoms with Gasteiger partial charge in [0.15, 0.2) is 0 Å². The number of halogens is 1. The quantitative estimate of drug-likeness (QED) is 0.828. The molecular formula is C17H15FN4O3. The number of fused-ring (bicyclic) bond motifs is 2. The Morgan fingerprint density at radius 3 is 3.00 bits per heavy atom. The van der Waals surface area contributed by atoms with Crippen LogP contribution in [0.5, 0.6) is 0 Å². The summed E-state index contributed by atoms with van der Waals surface area (Å²) in [4.78, 5) is 28.8. The minimum absolute atomic E-state index is 0.281. The molecule has 0 fully saturated rings. The lowest BCUT2D eigenvalue weighted by Gasteiger charge is -2.23. The first-order valence-electron chi connectivity index (χ1n) is 7.78. The van der Waals surface area contributed by atoms with Gasteiger partial charge in [-0.3, -0.25) is 14.6 Å². The average molecular weight is 342 g/mol. The van der Waals surface area contributed by atoms with E-state index in [1.807, 2.05) is 6.92 Å². The largest absolute Gasteiger partial charge is 0.469 e. The number of esters is 1. The maximum absolute atomic E-state index is 13.4. The molecule has 3 heterocycles. The SMILES string of the molecule is COC(=O)C1CN2N=CN=C(C3C(=O)Nc4cc(F)ccc43)C2=C1C. The molecule has 0 aliphatic carbocycles. The summed E-state index contributed by atoms with van der Waals surface area (Å²) in [7, 11) is 1.34. The molecule has 2 atom stereocenters. The van der Waals surface area contributed by atoms with Crippen LogP contribution in [0, 0.1) is 11.7 Å². The molecule has 1 aromatic carbocycles. The number of carbonyl (C=O) groups is 2. The molecule has 4 rings (SSSR count). The van der Waals surface area contributed by atoms with Crippen LogP contribution in [0.25, 0.3) is 0 Å². The van der Waals surface area contributed by atoms with E-state index in [4.69, 9.17) is 4.74 Å². The van der Waals surface area contributed by atoms with Gasteiger partial charge < -0.3 is 10.1 Å². The minimum atomic E-state index is -0.675. The van der Waals surface area contributed by atoms with E-state index in [0.29, 0.717) is 29.2 Å². The maximum Gasteiger partial charge on any atom is 0.314 e. The summed E-state index contributed by atoms with van der Waals surface area (Å²) in [6, 6.07) is 4.18. The second-order valence-corrected chi connectivity index (χ2v) is 6.09. The number of hydrogen-bond acceptors (Lipinski definition) is 6. The second kappa shape index (κ2) is 5.51. The number of rotatable bonds is 2. The van der Waals surface area contributed by atoms with Gasteiger partial charge in [0.05, 0.1) is 31.0 Å². The highest BCUT2D eigenvalue weighted by Gasteiger charge is 2.44. The molecule has 3 aliphatic rings. The predicted molar refractivity (Wildman–Crippen MR) is 88.6 cm³/mol. The highest BCUT2D eigenvalue weighted by molar-refractivity contribution is 6.25. The molecule has 0 saturated carbocycles. The molecule has 0 spiro atoms. The van der Waals surface area contributed by atoms with Crippen molar-refractivity contribution >= 4 is 29.6 Å². The van der Waals surface area contributed by atoms with Crippen molar-refractivity contribution in [1.82, 2.24) is 5.01 Å². The lowest BCUT2D eigenvalue weighted by atomic mass is 9.90. The smallest absolute Gasteiger partial charge is 0.314 e. The van der Waals surface area contributed by atoms with Crippen molar-refractivity contribution in [3.63, 3.8) is 0 Å². The number of methoxy groups -OCH3 is 1. The average Bonchev–Trinajstić information content (AvgIpc) is 3.10. The van der Waals surface area contributed by atoms with Gasteiger partial charge >= 0.3 is 5.97 Å². The van der Waals surface area contributed by atoms with Crippen LogP contribution in [-0.4, -0.2) is 42.6 Å². The van der Waals surface area contributed by atoms with E-state index in [1.54, 1.807) is 11.1 Å². The number of hydrazone groups is 1. The van der Waals surface area contributed by atoms with Crippen LogP contribution in [0.3, 0.4) is 0 Å². The summed E-state index contributed by atoms with van der Waals surface area (Å²) >= 11 is 0. The molecule has 0 saturated heterocycles. The van der Waals surface area contributed by atoms with Crippen molar-refractivity contribution in [1.29, 1.82) is 0 Å². The molecular weight excluding hydrogens is 327 g/mol. The first-order chi connectivity index (χ1) is 12.0. The van der Waals surface area contributed by atoms with Crippen molar-refractivity contribution in [3.05, 3.63) is 40.8 Å². The fourth-order valence-corrected chi connectivity index (χ4v) is 3.53. The van der Waals surface area contributed by atoms with Crippen LogP contribution < -0.4 is 5.32 Å². The molecule has 1 amide bonds. The van der Waals surface area contributed by atoms with Gasteiger partial charge in [-0.2, -0.15) is 5.10 Å². The van der Waals surface area contributed by atoms with Crippen molar-refractivity contribution in [2.24, 2.45) is 16.0 Å². The minimum Gasteiger partial charge on any atom is -0.469 e. The summed E-state index contributed by atoms with van der Waals surface area (Å²) in [6.07, 6.45) is 1.36. The lowest BCUT2D eigenvalue weighted by Crippen LogP contribution is -2.31. The first-order valence-corrected chi connectivity index (χ1v) is 7.78. The molecule has 0 radical (unpaired) electrons. The first kappa shape index (κ1) is 15.5. The van der Waals surface area contributed by atoms with Crippen molar-refractivity contribution in [2.45, 2.75) is 12.8 Å². The third kappa shape index (κ3) is 2.25. The van der Waals surface area contributed by atoms with Crippen molar-refractivity contribution < 1.29 is 18.7 Å². The van der Waals surface area contributed by atoms with E-state index in [9.17, 15) is 14.0 Å². The lowest BCUT2D eigenvalue weighted by molar-refractivity contribution is -0.144. The Balaban J connectivity index is 1.80. The molecule has 25 heavy (non-hydrogen) atoms. The fraction of sp³-hybridized carbons (Fsp3) is 0.294. The molecule has 7 nitrogen and oxygen atoms in total. The number of amides is 1. The summed E-state index contributed by atoms with van der Waals surface area (Å²) < 4.78 is 18.3. The molecule has 0 aromatic heterocycles. The number of nitrogens with zero attached hydrogens (tertiary/aromatic N) is 3. The van der Waals surface area contributed by atoms with Crippen LogP contribution in [0.15, 0.2) is 39.6 Å². The molecule has 0 bridgehead atoms. The Bertz CT molecular complexity index is 890. The second-order valence-electron chi connectivity index (χ2n) is 6.09. The number of hydrogen-bond donors (Lipinski definition) is 1. The summed E-state index contributed by atoms with van der Waals surface area (Å²) in [6.45, 7) is 2.15. The highest BCUT2D eigenvalue weighted by atomic mass is 19.1. The Labute approximate surface area is 142 Å². The number of carbonyl (C=O) groups excluding carboxylic acids is 2. The molecule has 3 aliphatic heterocycles.